The number of ether oxygens (including phenoxy) is 1. The number of halogens is 1. The molecule has 0 saturated carbocycles. The van der Waals surface area contributed by atoms with Crippen molar-refractivity contribution in [1.82, 2.24) is 0 Å². The summed E-state index contributed by atoms with van der Waals surface area (Å²) in [5.41, 5.74) is 4.44. The summed E-state index contributed by atoms with van der Waals surface area (Å²) in [6, 6.07) is 14.7. The van der Waals surface area contributed by atoms with Gasteiger partial charge in [0.15, 0.2) is 0 Å². The van der Waals surface area contributed by atoms with Gasteiger partial charge >= 0.3 is 0 Å². The third-order valence-corrected chi connectivity index (χ3v) is 4.90. The molecular weight excluding hydrogens is 401 g/mol. The molecule has 0 aliphatic carbocycles. The van der Waals surface area contributed by atoms with Gasteiger partial charge in [-0.05, 0) is 76.4 Å². The average Bonchev–Trinajstić information content (AvgIpc) is 2.57. The van der Waals surface area contributed by atoms with Crippen molar-refractivity contribution in [2.45, 2.75) is 25.9 Å². The second-order valence-electron chi connectivity index (χ2n) is 5.78. The lowest BCUT2D eigenvalue weighted by Gasteiger charge is -2.27. The number of rotatable bonds is 4. The molecule has 0 radical (unpaired) electrons. The van der Waals surface area contributed by atoms with Crippen LogP contribution in [0.1, 0.15) is 24.8 Å². The fraction of sp³-hybridized carbons (Fsp3) is 0.316. The number of benzene rings is 2. The summed E-state index contributed by atoms with van der Waals surface area (Å²) in [4.78, 5) is 14.1. The lowest BCUT2D eigenvalue weighted by molar-refractivity contribution is -0.119. The SMILES string of the molecule is COCc1cc(N2CCCCC2=O)ccc1-c1ccc(I)cc1. The first kappa shape index (κ1) is 16.5. The zero-order chi connectivity index (χ0) is 16.2. The van der Waals surface area contributed by atoms with Crippen molar-refractivity contribution in [3.05, 3.63) is 51.6 Å². The van der Waals surface area contributed by atoms with Crippen LogP contribution in [-0.2, 0) is 16.1 Å². The Kier molecular flexibility index (Phi) is 5.33. The van der Waals surface area contributed by atoms with E-state index in [2.05, 4.69) is 65.1 Å². The highest BCUT2D eigenvalue weighted by atomic mass is 127. The molecule has 0 N–H and O–H groups in total. The Morgan fingerprint density at radius 2 is 1.91 bits per heavy atom. The van der Waals surface area contributed by atoms with Crippen LogP contribution in [-0.4, -0.2) is 19.6 Å². The Morgan fingerprint density at radius 3 is 2.61 bits per heavy atom. The van der Waals surface area contributed by atoms with Crippen LogP contribution in [0.2, 0.25) is 0 Å². The van der Waals surface area contributed by atoms with Crippen molar-refractivity contribution < 1.29 is 9.53 Å². The quantitative estimate of drug-likeness (QED) is 0.675. The zero-order valence-corrected chi connectivity index (χ0v) is 15.4. The topological polar surface area (TPSA) is 29.5 Å². The van der Waals surface area contributed by atoms with E-state index in [1.54, 1.807) is 7.11 Å². The van der Waals surface area contributed by atoms with Gasteiger partial charge in [0, 0.05) is 29.3 Å². The summed E-state index contributed by atoms with van der Waals surface area (Å²) >= 11 is 2.31. The summed E-state index contributed by atoms with van der Waals surface area (Å²) in [6.07, 6.45) is 2.73. The maximum absolute atomic E-state index is 12.2. The number of anilines is 1. The van der Waals surface area contributed by atoms with Gasteiger partial charge in [-0.2, -0.15) is 0 Å². The van der Waals surface area contributed by atoms with Crippen molar-refractivity contribution >= 4 is 34.2 Å². The van der Waals surface area contributed by atoms with E-state index in [-0.39, 0.29) is 5.91 Å². The number of nitrogens with zero attached hydrogens (tertiary/aromatic N) is 1. The molecule has 0 atom stereocenters. The second kappa shape index (κ2) is 7.45. The van der Waals surface area contributed by atoms with Gasteiger partial charge in [-0.25, -0.2) is 0 Å². The van der Waals surface area contributed by atoms with Gasteiger partial charge in [-0.3, -0.25) is 4.79 Å². The van der Waals surface area contributed by atoms with Crippen LogP contribution < -0.4 is 4.90 Å². The van der Waals surface area contributed by atoms with Crippen LogP contribution in [0.3, 0.4) is 0 Å². The van der Waals surface area contributed by atoms with Gasteiger partial charge in [-0.1, -0.05) is 18.2 Å². The van der Waals surface area contributed by atoms with Crippen molar-refractivity contribution in [2.24, 2.45) is 0 Å². The largest absolute Gasteiger partial charge is 0.380 e. The normalized spacial score (nSPS) is 15.0. The molecule has 3 nitrogen and oxygen atoms in total. The summed E-state index contributed by atoms with van der Waals surface area (Å²) in [5, 5.41) is 0. The molecule has 120 valence electrons. The monoisotopic (exact) mass is 421 g/mol. The second-order valence-corrected chi connectivity index (χ2v) is 7.03. The molecule has 1 saturated heterocycles. The van der Waals surface area contributed by atoms with Gasteiger partial charge < -0.3 is 9.64 Å². The number of amides is 1. The first-order valence-electron chi connectivity index (χ1n) is 7.87. The maximum Gasteiger partial charge on any atom is 0.226 e. The van der Waals surface area contributed by atoms with E-state index in [1.807, 2.05) is 4.90 Å². The molecule has 1 aliphatic rings. The standard InChI is InChI=1S/C19H20INO2/c1-23-13-15-12-17(21-11-3-2-4-19(21)22)9-10-18(15)14-5-7-16(20)8-6-14/h5-10,12H,2-4,11,13H2,1H3. The zero-order valence-electron chi connectivity index (χ0n) is 13.2. The fourth-order valence-electron chi connectivity index (χ4n) is 3.01. The minimum Gasteiger partial charge on any atom is -0.380 e. The highest BCUT2D eigenvalue weighted by molar-refractivity contribution is 14.1. The van der Waals surface area contributed by atoms with Crippen molar-refractivity contribution in [3.63, 3.8) is 0 Å². The Bertz CT molecular complexity index is 697. The van der Waals surface area contributed by atoms with E-state index in [4.69, 9.17) is 4.74 Å². The van der Waals surface area contributed by atoms with Crippen LogP contribution >= 0.6 is 22.6 Å². The smallest absolute Gasteiger partial charge is 0.226 e. The predicted octanol–water partition coefficient (Wildman–Crippen LogP) is 4.62. The first-order chi connectivity index (χ1) is 11.2. The van der Waals surface area contributed by atoms with Gasteiger partial charge in [-0.15, -0.1) is 0 Å². The van der Waals surface area contributed by atoms with Crippen LogP contribution in [0.5, 0.6) is 0 Å². The van der Waals surface area contributed by atoms with Crippen molar-refractivity contribution in [3.8, 4) is 11.1 Å². The molecule has 1 heterocycles. The van der Waals surface area contributed by atoms with Gasteiger partial charge in [0.1, 0.15) is 0 Å². The first-order valence-corrected chi connectivity index (χ1v) is 8.95. The van der Waals surface area contributed by atoms with E-state index in [0.717, 1.165) is 36.2 Å². The summed E-state index contributed by atoms with van der Waals surface area (Å²) in [6.45, 7) is 1.35. The molecular formula is C19H20INO2. The van der Waals surface area contributed by atoms with Crippen LogP contribution in [0, 0.1) is 3.57 Å². The Balaban J connectivity index is 1.98. The number of piperidine rings is 1. The Labute approximate surface area is 150 Å². The Hall–Kier alpha value is -1.40. The van der Waals surface area contributed by atoms with Crippen molar-refractivity contribution in [2.75, 3.05) is 18.6 Å². The third-order valence-electron chi connectivity index (χ3n) is 4.18. The van der Waals surface area contributed by atoms with E-state index >= 15 is 0 Å². The van der Waals surface area contributed by atoms with Crippen LogP contribution in [0.4, 0.5) is 5.69 Å². The van der Waals surface area contributed by atoms with E-state index in [0.29, 0.717) is 13.0 Å². The molecule has 4 heteroatoms. The fourth-order valence-corrected chi connectivity index (χ4v) is 3.37. The van der Waals surface area contributed by atoms with Crippen molar-refractivity contribution in [1.29, 1.82) is 0 Å². The molecule has 1 amide bonds. The predicted molar refractivity (Wildman–Crippen MR) is 102 cm³/mol. The summed E-state index contributed by atoms with van der Waals surface area (Å²) < 4.78 is 6.60. The number of hydrogen-bond acceptors (Lipinski definition) is 2. The van der Waals surface area contributed by atoms with E-state index in [1.165, 1.54) is 9.13 Å². The highest BCUT2D eigenvalue weighted by Gasteiger charge is 2.20. The highest BCUT2D eigenvalue weighted by Crippen LogP contribution is 2.30. The van der Waals surface area contributed by atoms with Gasteiger partial charge in [0.25, 0.3) is 0 Å². The molecule has 0 spiro atoms. The summed E-state index contributed by atoms with van der Waals surface area (Å²) in [7, 11) is 1.70. The molecule has 2 aromatic carbocycles. The average molecular weight is 421 g/mol. The molecule has 3 rings (SSSR count). The van der Waals surface area contributed by atoms with Crippen LogP contribution in [0.15, 0.2) is 42.5 Å². The molecule has 23 heavy (non-hydrogen) atoms. The van der Waals surface area contributed by atoms with Crippen LogP contribution in [0.25, 0.3) is 11.1 Å². The maximum atomic E-state index is 12.2. The molecule has 0 bridgehead atoms. The molecule has 1 fully saturated rings. The minimum atomic E-state index is 0.224. The van der Waals surface area contributed by atoms with E-state index in [9.17, 15) is 4.79 Å². The number of hydrogen-bond donors (Lipinski definition) is 0. The minimum absolute atomic E-state index is 0.224. The third kappa shape index (κ3) is 3.75. The number of carbonyl (C=O) groups is 1. The number of methoxy groups -OCH3 is 1. The lowest BCUT2D eigenvalue weighted by Crippen LogP contribution is -2.35. The summed E-state index contributed by atoms with van der Waals surface area (Å²) in [5.74, 6) is 0.224. The molecule has 2 aromatic rings. The van der Waals surface area contributed by atoms with Gasteiger partial charge in [0.2, 0.25) is 5.91 Å². The lowest BCUT2D eigenvalue weighted by atomic mass is 9.98. The van der Waals surface area contributed by atoms with Gasteiger partial charge in [0.05, 0.1) is 6.61 Å². The van der Waals surface area contributed by atoms with E-state index < -0.39 is 0 Å². The molecule has 1 aliphatic heterocycles. The molecule has 0 aromatic heterocycles. The Morgan fingerprint density at radius 1 is 1.13 bits per heavy atom. The number of carbonyl (C=O) groups excluding carboxylic acids is 1. The molecule has 0 unspecified atom stereocenters.